The fourth-order valence-electron chi connectivity index (χ4n) is 1.92. The summed E-state index contributed by atoms with van der Waals surface area (Å²) in [6.45, 7) is -0.147. The van der Waals surface area contributed by atoms with Gasteiger partial charge in [-0.05, 0) is 35.9 Å². The van der Waals surface area contributed by atoms with Gasteiger partial charge in [-0.2, -0.15) is 0 Å². The number of nitrogen functional groups attached to an aromatic ring is 1. The van der Waals surface area contributed by atoms with Crippen LogP contribution in [0.15, 0.2) is 53.4 Å². The number of benzene rings is 2. The van der Waals surface area contributed by atoms with Gasteiger partial charge >= 0.3 is 0 Å². The molecule has 0 aliphatic rings. The second-order valence-corrected chi connectivity index (χ2v) is 5.74. The number of thioether (sulfide) groups is 1. The summed E-state index contributed by atoms with van der Waals surface area (Å²) < 4.78 is 5.11. The molecule has 5 nitrogen and oxygen atoms in total. The summed E-state index contributed by atoms with van der Waals surface area (Å²) >= 11 is 1.44. The number of ether oxygens (including phenoxy) is 1. The molecule has 0 aromatic heterocycles. The smallest absolute Gasteiger partial charge is 0.220 e. The van der Waals surface area contributed by atoms with Gasteiger partial charge in [0.25, 0.3) is 0 Å². The van der Waals surface area contributed by atoms with Gasteiger partial charge in [0.15, 0.2) is 0 Å². The molecule has 110 valence electrons. The van der Waals surface area contributed by atoms with E-state index in [1.165, 1.54) is 11.8 Å². The lowest BCUT2D eigenvalue weighted by molar-refractivity contribution is -0.479. The molecule has 6 heteroatoms. The van der Waals surface area contributed by atoms with Crippen LogP contribution in [-0.2, 0) is 0 Å². The Morgan fingerprint density at radius 1 is 1.29 bits per heavy atom. The molecule has 1 atom stereocenters. The summed E-state index contributed by atoms with van der Waals surface area (Å²) in [6, 6.07) is 14.7. The van der Waals surface area contributed by atoms with Crippen molar-refractivity contribution in [2.24, 2.45) is 0 Å². The Labute approximate surface area is 127 Å². The van der Waals surface area contributed by atoms with E-state index < -0.39 is 0 Å². The molecule has 0 fully saturated rings. The highest BCUT2D eigenvalue weighted by molar-refractivity contribution is 7.99. The van der Waals surface area contributed by atoms with Gasteiger partial charge in [-0.1, -0.05) is 18.2 Å². The first-order valence-electron chi connectivity index (χ1n) is 6.36. The lowest BCUT2D eigenvalue weighted by Crippen LogP contribution is -2.09. The highest BCUT2D eigenvalue weighted by atomic mass is 32.2. The second-order valence-electron chi connectivity index (χ2n) is 4.47. The number of rotatable bonds is 6. The van der Waals surface area contributed by atoms with Crippen LogP contribution in [-0.4, -0.2) is 18.6 Å². The van der Waals surface area contributed by atoms with Crippen molar-refractivity contribution < 1.29 is 9.66 Å². The average molecular weight is 304 g/mol. The lowest BCUT2D eigenvalue weighted by atomic mass is 10.1. The van der Waals surface area contributed by atoms with Crippen LogP contribution in [0.3, 0.4) is 0 Å². The molecular formula is C15H16N2O3S. The Kier molecular flexibility index (Phi) is 5.05. The van der Waals surface area contributed by atoms with E-state index in [0.717, 1.165) is 16.2 Å². The van der Waals surface area contributed by atoms with Gasteiger partial charge < -0.3 is 10.5 Å². The zero-order valence-corrected chi connectivity index (χ0v) is 12.4. The second kappa shape index (κ2) is 6.99. The van der Waals surface area contributed by atoms with Crippen LogP contribution in [0.2, 0.25) is 0 Å². The number of methoxy groups -OCH3 is 1. The van der Waals surface area contributed by atoms with Crippen molar-refractivity contribution in [2.45, 2.75) is 10.1 Å². The Morgan fingerprint density at radius 3 is 2.57 bits per heavy atom. The van der Waals surface area contributed by atoms with Crippen molar-refractivity contribution in [3.8, 4) is 5.75 Å². The zero-order valence-electron chi connectivity index (χ0n) is 11.6. The molecular weight excluding hydrogens is 288 g/mol. The van der Waals surface area contributed by atoms with E-state index in [0.29, 0.717) is 5.69 Å². The molecule has 0 aliphatic heterocycles. The SMILES string of the molecule is COc1ccc(C(C[N+](=O)[O-])Sc2cccc(N)c2)cc1. The van der Waals surface area contributed by atoms with Crippen molar-refractivity contribution in [2.75, 3.05) is 19.4 Å². The Morgan fingerprint density at radius 2 is 2.00 bits per heavy atom. The van der Waals surface area contributed by atoms with Crippen molar-refractivity contribution in [3.05, 3.63) is 64.2 Å². The summed E-state index contributed by atoms with van der Waals surface area (Å²) in [7, 11) is 1.59. The fourth-order valence-corrected chi connectivity index (χ4v) is 3.10. The third-order valence-corrected chi connectivity index (χ3v) is 4.17. The highest BCUT2D eigenvalue weighted by Gasteiger charge is 2.19. The van der Waals surface area contributed by atoms with E-state index >= 15 is 0 Å². The molecule has 0 amide bonds. The Balaban J connectivity index is 2.22. The monoisotopic (exact) mass is 304 g/mol. The predicted molar refractivity (Wildman–Crippen MR) is 84.3 cm³/mol. The number of hydrogen-bond donors (Lipinski definition) is 1. The first kappa shape index (κ1) is 15.2. The van der Waals surface area contributed by atoms with Crippen LogP contribution in [0.25, 0.3) is 0 Å². The highest BCUT2D eigenvalue weighted by Crippen LogP contribution is 2.36. The largest absolute Gasteiger partial charge is 0.497 e. The minimum absolute atomic E-state index is 0.147. The molecule has 0 aliphatic carbocycles. The van der Waals surface area contributed by atoms with Gasteiger partial charge in [0, 0.05) is 15.5 Å². The summed E-state index contributed by atoms with van der Waals surface area (Å²) in [5.74, 6) is 0.729. The van der Waals surface area contributed by atoms with Crippen molar-refractivity contribution in [3.63, 3.8) is 0 Å². The summed E-state index contributed by atoms with van der Waals surface area (Å²) in [6.07, 6.45) is 0. The maximum atomic E-state index is 10.9. The third-order valence-electron chi connectivity index (χ3n) is 2.94. The maximum absolute atomic E-state index is 10.9. The van der Waals surface area contributed by atoms with Gasteiger partial charge in [0.1, 0.15) is 5.75 Å². The summed E-state index contributed by atoms with van der Waals surface area (Å²) in [5, 5.41) is 10.6. The molecule has 0 saturated heterocycles. The van der Waals surface area contributed by atoms with Gasteiger partial charge in [-0.3, -0.25) is 10.1 Å². The molecule has 2 aromatic carbocycles. The summed E-state index contributed by atoms with van der Waals surface area (Å²) in [4.78, 5) is 11.5. The van der Waals surface area contributed by atoms with Gasteiger partial charge in [-0.15, -0.1) is 11.8 Å². The third kappa shape index (κ3) is 4.39. The number of hydrogen-bond acceptors (Lipinski definition) is 5. The average Bonchev–Trinajstić information content (AvgIpc) is 2.46. The standard InChI is InChI=1S/C15H16N2O3S/c1-20-13-7-5-11(6-8-13)15(10-17(18)19)21-14-4-2-3-12(16)9-14/h2-9,15H,10,16H2,1H3. The Hall–Kier alpha value is -2.21. The predicted octanol–water partition coefficient (Wildman–Crippen LogP) is 3.39. The van der Waals surface area contributed by atoms with Crippen LogP contribution in [0.4, 0.5) is 5.69 Å². The molecule has 0 saturated carbocycles. The quantitative estimate of drug-likeness (QED) is 0.383. The van der Waals surface area contributed by atoms with Gasteiger partial charge in [-0.25, -0.2) is 0 Å². The first-order valence-corrected chi connectivity index (χ1v) is 7.24. The molecule has 0 bridgehead atoms. The van der Waals surface area contributed by atoms with Gasteiger partial charge in [0.05, 0.1) is 12.4 Å². The molecule has 2 aromatic rings. The van der Waals surface area contributed by atoms with Crippen molar-refractivity contribution >= 4 is 17.4 Å². The first-order chi connectivity index (χ1) is 10.1. The molecule has 0 radical (unpaired) electrons. The van der Waals surface area contributed by atoms with E-state index in [1.54, 1.807) is 13.2 Å². The fraction of sp³-hybridized carbons (Fsp3) is 0.200. The van der Waals surface area contributed by atoms with E-state index in [9.17, 15) is 10.1 Å². The molecule has 21 heavy (non-hydrogen) atoms. The number of nitro groups is 1. The van der Waals surface area contributed by atoms with Crippen LogP contribution in [0, 0.1) is 10.1 Å². The molecule has 0 heterocycles. The van der Waals surface area contributed by atoms with Crippen LogP contribution in [0.1, 0.15) is 10.8 Å². The van der Waals surface area contributed by atoms with Crippen LogP contribution < -0.4 is 10.5 Å². The number of anilines is 1. The molecule has 0 spiro atoms. The maximum Gasteiger partial charge on any atom is 0.220 e. The summed E-state index contributed by atoms with van der Waals surface area (Å²) in [5.41, 5.74) is 7.28. The van der Waals surface area contributed by atoms with E-state index in [1.807, 2.05) is 42.5 Å². The molecule has 2 N–H and O–H groups in total. The van der Waals surface area contributed by atoms with Crippen LogP contribution >= 0.6 is 11.8 Å². The topological polar surface area (TPSA) is 78.4 Å². The van der Waals surface area contributed by atoms with Gasteiger partial charge in [0.2, 0.25) is 6.54 Å². The normalized spacial score (nSPS) is 11.9. The number of nitrogens with two attached hydrogens (primary N) is 1. The zero-order chi connectivity index (χ0) is 15.2. The minimum atomic E-state index is -0.297. The minimum Gasteiger partial charge on any atom is -0.497 e. The van der Waals surface area contributed by atoms with Crippen LogP contribution in [0.5, 0.6) is 5.75 Å². The number of nitrogens with zero attached hydrogens (tertiary/aromatic N) is 1. The lowest BCUT2D eigenvalue weighted by Gasteiger charge is -2.14. The van der Waals surface area contributed by atoms with Crippen molar-refractivity contribution in [1.29, 1.82) is 0 Å². The van der Waals surface area contributed by atoms with E-state index in [2.05, 4.69) is 0 Å². The van der Waals surface area contributed by atoms with E-state index in [-0.39, 0.29) is 16.7 Å². The van der Waals surface area contributed by atoms with E-state index in [4.69, 9.17) is 10.5 Å². The van der Waals surface area contributed by atoms with Crippen molar-refractivity contribution in [1.82, 2.24) is 0 Å². The Bertz CT molecular complexity index is 617. The molecule has 1 unspecified atom stereocenters. The molecule has 2 rings (SSSR count).